The summed E-state index contributed by atoms with van der Waals surface area (Å²) in [5.74, 6) is -0.137. The third-order valence-corrected chi connectivity index (χ3v) is 5.52. The topological polar surface area (TPSA) is 78.2 Å². The second-order valence-corrected chi connectivity index (χ2v) is 8.60. The zero-order valence-electron chi connectivity index (χ0n) is 12.1. The van der Waals surface area contributed by atoms with Crippen molar-refractivity contribution < 1.29 is 13.2 Å². The molecular weight excluding hydrogens is 276 g/mol. The minimum atomic E-state index is -3.24. The van der Waals surface area contributed by atoms with Gasteiger partial charge in [-0.1, -0.05) is 19.9 Å². The van der Waals surface area contributed by atoms with Gasteiger partial charge in [-0.25, -0.2) is 12.7 Å². The van der Waals surface area contributed by atoms with Crippen molar-refractivity contribution >= 4 is 15.8 Å². The van der Waals surface area contributed by atoms with E-state index in [0.717, 1.165) is 12.8 Å². The molecule has 0 radical (unpaired) electrons. The Morgan fingerprint density at radius 3 is 2.60 bits per heavy atom. The van der Waals surface area contributed by atoms with Crippen molar-refractivity contribution in [2.24, 2.45) is 10.8 Å². The molecule has 1 aliphatic heterocycles. The number of allylic oxidation sites excluding steroid dienone is 1. The van der Waals surface area contributed by atoms with Crippen LogP contribution in [0.1, 0.15) is 33.1 Å². The number of sulfonamides is 1. The first-order chi connectivity index (χ1) is 9.10. The predicted molar refractivity (Wildman–Crippen MR) is 75.2 cm³/mol. The Morgan fingerprint density at radius 2 is 2.05 bits per heavy atom. The summed E-state index contributed by atoms with van der Waals surface area (Å²) in [6.45, 7) is 4.56. The van der Waals surface area contributed by atoms with Gasteiger partial charge < -0.3 is 0 Å². The van der Waals surface area contributed by atoms with Gasteiger partial charge in [0, 0.05) is 23.9 Å². The second-order valence-electron chi connectivity index (χ2n) is 6.62. The zero-order chi connectivity index (χ0) is 15.2. The van der Waals surface area contributed by atoms with Crippen LogP contribution in [0.25, 0.3) is 0 Å². The fraction of sp³-hybridized carbons (Fsp3) is 0.714. The van der Waals surface area contributed by atoms with E-state index in [1.807, 2.05) is 19.9 Å². The molecule has 0 bridgehead atoms. The molecule has 0 aromatic rings. The maximum Gasteiger partial charge on any atom is 0.211 e. The molecule has 20 heavy (non-hydrogen) atoms. The molecule has 1 unspecified atom stereocenters. The van der Waals surface area contributed by atoms with Gasteiger partial charge in [-0.2, -0.15) is 5.26 Å². The fourth-order valence-corrected chi connectivity index (χ4v) is 4.45. The van der Waals surface area contributed by atoms with E-state index in [1.54, 1.807) is 6.08 Å². The van der Waals surface area contributed by atoms with Crippen molar-refractivity contribution in [3.63, 3.8) is 0 Å². The SMILES string of the molecule is CC1(C)CC2(C=C(C#N)C1=O)CCCN(S(C)(=O)=O)C2. The summed E-state index contributed by atoms with van der Waals surface area (Å²) in [7, 11) is -3.24. The number of Topliss-reactive ketones (excluding diaryl/α,β-unsaturated/α-hetero) is 1. The Kier molecular flexibility index (Phi) is 3.55. The van der Waals surface area contributed by atoms with E-state index in [0.29, 0.717) is 19.5 Å². The Hall–Kier alpha value is -1.19. The van der Waals surface area contributed by atoms with E-state index in [4.69, 9.17) is 5.26 Å². The molecule has 0 aromatic heterocycles. The number of ketones is 1. The largest absolute Gasteiger partial charge is 0.293 e. The summed E-state index contributed by atoms with van der Waals surface area (Å²) in [5, 5.41) is 9.16. The first-order valence-electron chi connectivity index (χ1n) is 6.73. The molecule has 1 aliphatic carbocycles. The number of rotatable bonds is 1. The van der Waals surface area contributed by atoms with Gasteiger partial charge in [0.25, 0.3) is 0 Å². The lowest BCUT2D eigenvalue weighted by Crippen LogP contribution is -2.49. The molecule has 1 heterocycles. The van der Waals surface area contributed by atoms with Crippen molar-refractivity contribution in [1.29, 1.82) is 5.26 Å². The van der Waals surface area contributed by atoms with E-state index < -0.39 is 15.4 Å². The van der Waals surface area contributed by atoms with Crippen LogP contribution < -0.4 is 0 Å². The third kappa shape index (κ3) is 2.65. The number of hydrogen-bond donors (Lipinski definition) is 0. The lowest BCUT2D eigenvalue weighted by atomic mass is 9.62. The Morgan fingerprint density at radius 1 is 1.40 bits per heavy atom. The number of nitriles is 1. The Labute approximate surface area is 120 Å². The molecule has 5 nitrogen and oxygen atoms in total. The van der Waals surface area contributed by atoms with Gasteiger partial charge in [-0.3, -0.25) is 4.79 Å². The van der Waals surface area contributed by atoms with Crippen molar-refractivity contribution in [3.8, 4) is 6.07 Å². The first kappa shape index (κ1) is 15.2. The van der Waals surface area contributed by atoms with Crippen LogP contribution in [-0.4, -0.2) is 37.9 Å². The molecule has 1 saturated heterocycles. The van der Waals surface area contributed by atoms with E-state index >= 15 is 0 Å². The van der Waals surface area contributed by atoms with Gasteiger partial charge in [0.05, 0.1) is 11.8 Å². The number of hydrogen-bond acceptors (Lipinski definition) is 4. The normalized spacial score (nSPS) is 30.9. The average molecular weight is 296 g/mol. The molecule has 110 valence electrons. The highest BCUT2D eigenvalue weighted by molar-refractivity contribution is 7.88. The van der Waals surface area contributed by atoms with Crippen molar-refractivity contribution in [2.75, 3.05) is 19.3 Å². The van der Waals surface area contributed by atoms with Crippen LogP contribution in [0.15, 0.2) is 11.6 Å². The number of piperidine rings is 1. The molecule has 1 spiro atoms. The van der Waals surface area contributed by atoms with Gasteiger partial charge in [0.1, 0.15) is 6.07 Å². The number of carbonyl (C=O) groups excluding carboxylic acids is 1. The quantitative estimate of drug-likeness (QED) is 0.734. The average Bonchev–Trinajstić information content (AvgIpc) is 2.32. The summed E-state index contributed by atoms with van der Waals surface area (Å²) in [6.07, 6.45) is 5.10. The summed E-state index contributed by atoms with van der Waals surface area (Å²) >= 11 is 0. The van der Waals surface area contributed by atoms with E-state index in [2.05, 4.69) is 0 Å². The van der Waals surface area contributed by atoms with Gasteiger partial charge in [-0.15, -0.1) is 0 Å². The molecule has 1 atom stereocenters. The molecular formula is C14H20N2O3S. The standard InChI is InChI=1S/C14H20N2O3S/c1-13(2)9-14(7-11(8-15)12(13)17)5-4-6-16(10-14)20(3,18)19/h7H,4-6,9-10H2,1-3H3. The number of nitrogens with zero attached hydrogens (tertiary/aromatic N) is 2. The molecule has 1 fully saturated rings. The molecule has 0 aromatic carbocycles. The molecule has 2 aliphatic rings. The molecule has 6 heteroatoms. The van der Waals surface area contributed by atoms with Crippen LogP contribution in [0.3, 0.4) is 0 Å². The van der Waals surface area contributed by atoms with Gasteiger partial charge in [0.15, 0.2) is 5.78 Å². The highest BCUT2D eigenvalue weighted by Gasteiger charge is 2.47. The van der Waals surface area contributed by atoms with Crippen LogP contribution in [0.2, 0.25) is 0 Å². The van der Waals surface area contributed by atoms with E-state index in [1.165, 1.54) is 10.6 Å². The van der Waals surface area contributed by atoms with E-state index in [-0.39, 0.29) is 16.8 Å². The lowest BCUT2D eigenvalue weighted by Gasteiger charge is -2.46. The summed E-state index contributed by atoms with van der Waals surface area (Å²) in [4.78, 5) is 12.2. The van der Waals surface area contributed by atoms with Crippen molar-refractivity contribution in [3.05, 3.63) is 11.6 Å². The van der Waals surface area contributed by atoms with Gasteiger partial charge in [-0.05, 0) is 19.3 Å². The van der Waals surface area contributed by atoms with Crippen LogP contribution in [-0.2, 0) is 14.8 Å². The highest BCUT2D eigenvalue weighted by Crippen LogP contribution is 2.47. The predicted octanol–water partition coefficient (Wildman–Crippen LogP) is 1.48. The van der Waals surface area contributed by atoms with Crippen molar-refractivity contribution in [2.45, 2.75) is 33.1 Å². The monoisotopic (exact) mass is 296 g/mol. The van der Waals surface area contributed by atoms with Crippen LogP contribution in [0, 0.1) is 22.2 Å². The maximum absolute atomic E-state index is 12.2. The summed E-state index contributed by atoms with van der Waals surface area (Å²) in [5.41, 5.74) is -0.818. The summed E-state index contributed by atoms with van der Waals surface area (Å²) in [6, 6.07) is 1.98. The molecule has 0 amide bonds. The minimum absolute atomic E-state index is 0.137. The highest BCUT2D eigenvalue weighted by atomic mass is 32.2. The molecule has 0 N–H and O–H groups in total. The Balaban J connectivity index is 2.42. The minimum Gasteiger partial charge on any atom is -0.293 e. The van der Waals surface area contributed by atoms with Gasteiger partial charge in [0.2, 0.25) is 10.0 Å². The first-order valence-corrected chi connectivity index (χ1v) is 8.57. The number of carbonyl (C=O) groups is 1. The fourth-order valence-electron chi connectivity index (χ4n) is 3.49. The third-order valence-electron chi connectivity index (χ3n) is 4.27. The van der Waals surface area contributed by atoms with Crippen LogP contribution >= 0.6 is 0 Å². The zero-order valence-corrected chi connectivity index (χ0v) is 13.0. The Bertz CT molecular complexity index is 613. The van der Waals surface area contributed by atoms with Crippen LogP contribution in [0.5, 0.6) is 0 Å². The van der Waals surface area contributed by atoms with E-state index in [9.17, 15) is 13.2 Å². The van der Waals surface area contributed by atoms with Crippen molar-refractivity contribution in [1.82, 2.24) is 4.31 Å². The molecule has 2 rings (SSSR count). The summed E-state index contributed by atoms with van der Waals surface area (Å²) < 4.78 is 25.0. The lowest BCUT2D eigenvalue weighted by molar-refractivity contribution is -0.125. The second kappa shape index (κ2) is 4.68. The molecule has 0 saturated carbocycles. The smallest absolute Gasteiger partial charge is 0.211 e. The maximum atomic E-state index is 12.2. The van der Waals surface area contributed by atoms with Crippen LogP contribution in [0.4, 0.5) is 0 Å². The van der Waals surface area contributed by atoms with Gasteiger partial charge >= 0.3 is 0 Å².